The van der Waals surface area contributed by atoms with Crippen molar-refractivity contribution in [1.82, 2.24) is 35.5 Å². The van der Waals surface area contributed by atoms with E-state index in [1.807, 2.05) is 50.2 Å². The number of hydrogen-bond acceptors (Lipinski definition) is 13. The van der Waals surface area contributed by atoms with E-state index in [0.29, 0.717) is 5.56 Å². The van der Waals surface area contributed by atoms with Crippen molar-refractivity contribution in [2.45, 2.75) is 71.4 Å². The summed E-state index contributed by atoms with van der Waals surface area (Å²) >= 11 is 1.56. The molecule has 1 saturated heterocycles. The molecular weight excluding hydrogens is 932 g/mol. The maximum absolute atomic E-state index is 14.1. The van der Waals surface area contributed by atoms with Gasteiger partial charge in [-0.1, -0.05) is 57.2 Å². The van der Waals surface area contributed by atoms with E-state index in [1.165, 1.54) is 11.1 Å². The molecule has 4 atom stereocenters. The number of likely N-dealkylation sites (tertiary alicyclic amines) is 1. The number of aliphatic hydroxyl groups is 1. The van der Waals surface area contributed by atoms with Crippen molar-refractivity contribution in [3.05, 3.63) is 95.5 Å². The van der Waals surface area contributed by atoms with E-state index in [1.54, 1.807) is 62.1 Å². The quantitative estimate of drug-likeness (QED) is 0.0507. The number of aryl methyl sites for hydroxylation is 1. The molecule has 0 aliphatic carbocycles. The van der Waals surface area contributed by atoms with Crippen molar-refractivity contribution >= 4 is 50.9 Å². The predicted molar refractivity (Wildman–Crippen MR) is 257 cm³/mol. The molecule has 16 nitrogen and oxygen atoms in total. The van der Waals surface area contributed by atoms with Gasteiger partial charge in [0.05, 0.1) is 74.5 Å². The van der Waals surface area contributed by atoms with Crippen molar-refractivity contribution in [2.24, 2.45) is 5.41 Å². The van der Waals surface area contributed by atoms with Crippen molar-refractivity contribution < 1.29 is 56.3 Å². The van der Waals surface area contributed by atoms with Crippen molar-refractivity contribution in [2.75, 3.05) is 66.0 Å². The van der Waals surface area contributed by atoms with Crippen LogP contribution in [-0.4, -0.2) is 132 Å². The highest BCUT2D eigenvalue weighted by Crippen LogP contribution is 2.38. The summed E-state index contributed by atoms with van der Waals surface area (Å²) in [5, 5.41) is 18.2. The van der Waals surface area contributed by atoms with Gasteiger partial charge < -0.3 is 49.3 Å². The summed E-state index contributed by atoms with van der Waals surface area (Å²) in [7, 11) is 0. The Kier molecular flexibility index (Phi) is 17.2. The first-order chi connectivity index (χ1) is 33.5. The number of amides is 3. The van der Waals surface area contributed by atoms with Crippen molar-refractivity contribution in [1.29, 1.82) is 0 Å². The summed E-state index contributed by atoms with van der Waals surface area (Å²) < 4.78 is 69.5. The van der Waals surface area contributed by atoms with Gasteiger partial charge in [0.15, 0.2) is 0 Å². The van der Waals surface area contributed by atoms with Gasteiger partial charge in [0.2, 0.25) is 23.6 Å². The second-order valence-corrected chi connectivity index (χ2v) is 18.9. The number of benzene rings is 2. The smallest absolute Gasteiger partial charge is 0.421 e. The molecule has 20 heteroatoms. The molecule has 6 aromatic rings. The zero-order valence-electron chi connectivity index (χ0n) is 39.6. The monoisotopic (exact) mass is 989 g/mol. The molecule has 1 aliphatic rings. The molecule has 0 spiro atoms. The largest absolute Gasteiger partial charge is 0.475 e. The Bertz CT molecular complexity index is 2730. The number of carbonyl (C=O) groups excluding carboxylic acids is 3. The van der Waals surface area contributed by atoms with E-state index < -0.39 is 58.9 Å². The molecule has 5 heterocycles. The van der Waals surface area contributed by atoms with E-state index >= 15 is 0 Å². The SMILES string of the molecule is Cc1ncsc1-c1ccc(C(C)NC(=O)[C@@H]2C[C@@H](O)CN2C(=O)C(NC(=O)COCCOCCOCCOCCOc2ncc(-c3ccc4c(c3)[nH]c3ccncc34)cc2C(F)(F)F)C(C)(C)C)cc1. The molecule has 0 saturated carbocycles. The number of aromatic amines is 1. The molecule has 70 heavy (non-hydrogen) atoms. The van der Waals surface area contributed by atoms with Crippen LogP contribution in [0.3, 0.4) is 0 Å². The lowest BCUT2D eigenvalue weighted by molar-refractivity contribution is -0.144. The van der Waals surface area contributed by atoms with Gasteiger partial charge in [-0.3, -0.25) is 19.4 Å². The number of β-amino-alcohol motifs (C(OH)–C–C–N with tert-alkyl or cyclic N) is 1. The number of thiazole rings is 1. The minimum Gasteiger partial charge on any atom is -0.475 e. The molecule has 4 aromatic heterocycles. The van der Waals surface area contributed by atoms with Crippen LogP contribution in [0.15, 0.2) is 78.7 Å². The fourth-order valence-corrected chi connectivity index (χ4v) is 8.91. The minimum absolute atomic E-state index is 0.00599. The van der Waals surface area contributed by atoms with E-state index in [9.17, 15) is 32.7 Å². The summed E-state index contributed by atoms with van der Waals surface area (Å²) in [5.41, 5.74) is 5.41. The van der Waals surface area contributed by atoms with Gasteiger partial charge in [-0.25, -0.2) is 9.97 Å². The Balaban J connectivity index is 0.758. The molecule has 3 amide bonds. The highest BCUT2D eigenvalue weighted by molar-refractivity contribution is 7.13. The number of aliphatic hydroxyl groups excluding tert-OH is 1. The van der Waals surface area contributed by atoms with Crippen LogP contribution in [0, 0.1) is 12.3 Å². The van der Waals surface area contributed by atoms with Gasteiger partial charge >= 0.3 is 6.18 Å². The lowest BCUT2D eigenvalue weighted by Gasteiger charge is -2.35. The van der Waals surface area contributed by atoms with Crippen LogP contribution in [-0.2, 0) is 39.5 Å². The Morgan fingerprint density at radius 1 is 0.829 bits per heavy atom. The van der Waals surface area contributed by atoms with E-state index in [0.717, 1.165) is 49.6 Å². The van der Waals surface area contributed by atoms with Crippen LogP contribution in [0.5, 0.6) is 5.88 Å². The third kappa shape index (κ3) is 13.2. The van der Waals surface area contributed by atoms with Crippen molar-refractivity contribution in [3.63, 3.8) is 0 Å². The minimum atomic E-state index is -4.70. The number of fused-ring (bicyclic) bond motifs is 3. The van der Waals surface area contributed by atoms with Gasteiger partial charge in [0.1, 0.15) is 30.9 Å². The molecule has 4 N–H and O–H groups in total. The molecule has 2 unspecified atom stereocenters. The van der Waals surface area contributed by atoms with Crippen LogP contribution in [0.4, 0.5) is 13.2 Å². The molecule has 1 aliphatic heterocycles. The Labute approximate surface area is 407 Å². The second kappa shape index (κ2) is 23.3. The maximum atomic E-state index is 14.1. The van der Waals surface area contributed by atoms with Crippen LogP contribution in [0.2, 0.25) is 0 Å². The number of nitrogens with one attached hydrogen (secondary N) is 3. The van der Waals surface area contributed by atoms with E-state index in [2.05, 4.69) is 30.6 Å². The third-order valence-electron chi connectivity index (χ3n) is 11.8. The highest BCUT2D eigenvalue weighted by Gasteiger charge is 2.45. The Hall–Kier alpha value is -6.03. The van der Waals surface area contributed by atoms with Crippen LogP contribution in [0.25, 0.3) is 43.4 Å². The molecule has 374 valence electrons. The Morgan fingerprint density at radius 2 is 1.50 bits per heavy atom. The van der Waals surface area contributed by atoms with Crippen LogP contribution < -0.4 is 15.4 Å². The standard InChI is InChI=1S/C50H58F3N7O9S/c1-30(32-6-8-33(9-7-32)44-31(2)56-29-70-44)57-46(63)42-24-36(61)27-60(42)48(64)45(49(3,4)5)59-43(62)28-68-19-18-66-15-14-65-16-17-67-20-21-69-47-39(50(51,52)53)22-35(25-55-47)34-10-11-37-38-26-54-13-12-40(38)58-41(37)23-34/h6-13,22-23,25-26,29-30,36,42,45,58,61H,14-21,24,27-28H2,1-5H3,(H,57,63)(H,59,62)/t30?,36-,42+,45?/m1/s1. The molecule has 2 aromatic carbocycles. The van der Waals surface area contributed by atoms with Crippen molar-refractivity contribution in [3.8, 4) is 27.4 Å². The first-order valence-corrected chi connectivity index (χ1v) is 23.8. The fourth-order valence-electron chi connectivity index (χ4n) is 8.09. The lowest BCUT2D eigenvalue weighted by atomic mass is 9.85. The number of aromatic nitrogens is 4. The molecule has 0 bridgehead atoms. The van der Waals surface area contributed by atoms with Gasteiger partial charge in [0, 0.05) is 58.9 Å². The molecule has 7 rings (SSSR count). The number of rotatable bonds is 22. The number of hydrogen-bond donors (Lipinski definition) is 4. The average molecular weight is 990 g/mol. The maximum Gasteiger partial charge on any atom is 0.421 e. The second-order valence-electron chi connectivity index (χ2n) is 18.0. The van der Waals surface area contributed by atoms with Gasteiger partial charge in [-0.2, -0.15) is 13.2 Å². The number of H-pyrrole nitrogens is 1. The third-order valence-corrected chi connectivity index (χ3v) is 12.7. The molecule has 1 fully saturated rings. The summed E-state index contributed by atoms with van der Waals surface area (Å²) in [4.78, 5) is 58.7. The predicted octanol–water partition coefficient (Wildman–Crippen LogP) is 7.04. The zero-order chi connectivity index (χ0) is 50.0. The zero-order valence-corrected chi connectivity index (χ0v) is 40.5. The summed E-state index contributed by atoms with van der Waals surface area (Å²) in [6.45, 7) is 9.74. The summed E-state index contributed by atoms with van der Waals surface area (Å²) in [6.07, 6.45) is -0.797. The normalized spacial score (nSPS) is 16.2. The molecular formula is C50H58F3N7O9S. The lowest BCUT2D eigenvalue weighted by Crippen LogP contribution is -2.58. The number of alkyl halides is 3. The number of ether oxygens (including phenoxy) is 5. The van der Waals surface area contributed by atoms with Crippen LogP contribution in [0.1, 0.15) is 57.0 Å². The molecule has 0 radical (unpaired) electrons. The number of halogens is 3. The number of nitrogens with zero attached hydrogens (tertiary/aromatic N) is 4. The van der Waals surface area contributed by atoms with E-state index in [4.69, 9.17) is 23.7 Å². The fraction of sp³-hybridized carbons (Fsp3) is 0.440. The summed E-state index contributed by atoms with van der Waals surface area (Å²) in [6, 6.07) is 13.8. The van der Waals surface area contributed by atoms with Gasteiger partial charge in [-0.15, -0.1) is 11.3 Å². The van der Waals surface area contributed by atoms with Crippen LogP contribution >= 0.6 is 11.3 Å². The average Bonchev–Trinajstić information content (AvgIpc) is 4.05. The topological polar surface area (TPSA) is 199 Å². The van der Waals surface area contributed by atoms with E-state index in [-0.39, 0.29) is 84.0 Å². The van der Waals surface area contributed by atoms with Gasteiger partial charge in [-0.05, 0) is 54.2 Å². The van der Waals surface area contributed by atoms with Gasteiger partial charge in [0.25, 0.3) is 0 Å². The Morgan fingerprint density at radius 3 is 2.16 bits per heavy atom. The highest BCUT2D eigenvalue weighted by atomic mass is 32.1. The number of pyridine rings is 2. The summed E-state index contributed by atoms with van der Waals surface area (Å²) in [5.74, 6) is -1.95. The number of carbonyl (C=O) groups is 3. The first-order valence-electron chi connectivity index (χ1n) is 22.9. The first kappa shape index (κ1) is 51.8.